The van der Waals surface area contributed by atoms with Crippen molar-refractivity contribution in [2.24, 2.45) is 0 Å². The fourth-order valence-electron chi connectivity index (χ4n) is 3.51. The molecule has 2 aromatic rings. The molecule has 1 aromatic carbocycles. The van der Waals surface area contributed by atoms with Gasteiger partial charge in [-0.3, -0.25) is 0 Å². The molecule has 0 radical (unpaired) electrons. The number of thioether (sulfide) groups is 1. The van der Waals surface area contributed by atoms with Gasteiger partial charge in [0, 0.05) is 6.04 Å². The van der Waals surface area contributed by atoms with E-state index in [4.69, 9.17) is 9.39 Å². The molecule has 1 saturated heterocycles. The number of hydrogen-bond acceptors (Lipinski definition) is 10. The molecule has 0 aliphatic carbocycles. The standard InChI is InChI=1S/C17H23BN4O4S2/c1-25-13-3-2-10-8-14(18(24)26-15(10)12(13)9-23)27-17-22-21-16(28-17)20-11-4-6-19-7-5-11/h2-3,11,14,19,23-24H,4-9H2,1H3,(H,20,21)/t14-/m0/s1. The molecular formula is C17H23BN4O4S2. The number of methoxy groups -OCH3 is 1. The molecule has 0 unspecified atom stereocenters. The predicted molar refractivity (Wildman–Crippen MR) is 110 cm³/mol. The summed E-state index contributed by atoms with van der Waals surface area (Å²) in [6, 6.07) is 4.16. The molecule has 4 N–H and O–H groups in total. The van der Waals surface area contributed by atoms with E-state index in [0.717, 1.165) is 41.0 Å². The quantitative estimate of drug-likeness (QED) is 0.513. The molecule has 28 heavy (non-hydrogen) atoms. The van der Waals surface area contributed by atoms with Crippen molar-refractivity contribution in [3.8, 4) is 11.5 Å². The second-order valence-corrected chi connectivity index (χ2v) is 9.27. The van der Waals surface area contributed by atoms with Crippen LogP contribution in [-0.2, 0) is 13.0 Å². The maximum absolute atomic E-state index is 10.5. The van der Waals surface area contributed by atoms with E-state index < -0.39 is 7.12 Å². The minimum Gasteiger partial charge on any atom is -0.535 e. The lowest BCUT2D eigenvalue weighted by atomic mass is 9.77. The van der Waals surface area contributed by atoms with E-state index >= 15 is 0 Å². The SMILES string of the molecule is COc1ccc2c(c1CO)OB(O)[C@@H](Sc1nnc(NC3CCNCC3)s1)C2. The molecule has 4 rings (SSSR count). The normalized spacial score (nSPS) is 19.8. The Morgan fingerprint density at radius 2 is 2.21 bits per heavy atom. The maximum Gasteiger partial charge on any atom is 0.537 e. The number of nitrogens with zero attached hydrogens (tertiary/aromatic N) is 2. The highest BCUT2D eigenvalue weighted by atomic mass is 32.2. The summed E-state index contributed by atoms with van der Waals surface area (Å²) < 4.78 is 11.8. The Bertz CT molecular complexity index is 818. The Hall–Kier alpha value is -1.53. The topological polar surface area (TPSA) is 109 Å². The van der Waals surface area contributed by atoms with Crippen LogP contribution in [0.1, 0.15) is 24.0 Å². The van der Waals surface area contributed by atoms with Gasteiger partial charge in [-0.1, -0.05) is 29.2 Å². The van der Waals surface area contributed by atoms with Crippen LogP contribution in [0.4, 0.5) is 5.13 Å². The van der Waals surface area contributed by atoms with Gasteiger partial charge in [-0.05, 0) is 44.0 Å². The molecule has 8 nitrogen and oxygen atoms in total. The fraction of sp³-hybridized carbons (Fsp3) is 0.529. The van der Waals surface area contributed by atoms with Gasteiger partial charge in [0.1, 0.15) is 11.5 Å². The van der Waals surface area contributed by atoms with E-state index in [9.17, 15) is 10.1 Å². The third kappa shape index (κ3) is 4.23. The van der Waals surface area contributed by atoms with Gasteiger partial charge >= 0.3 is 7.12 Å². The third-order valence-corrected chi connectivity index (χ3v) is 7.15. The number of ether oxygens (including phenoxy) is 1. The van der Waals surface area contributed by atoms with Crippen molar-refractivity contribution in [3.63, 3.8) is 0 Å². The van der Waals surface area contributed by atoms with Gasteiger partial charge in [-0.15, -0.1) is 10.2 Å². The Morgan fingerprint density at radius 3 is 2.96 bits per heavy atom. The van der Waals surface area contributed by atoms with Crippen molar-refractivity contribution >= 4 is 35.3 Å². The van der Waals surface area contributed by atoms with Crippen LogP contribution in [0.25, 0.3) is 0 Å². The van der Waals surface area contributed by atoms with Crippen LogP contribution in [0.15, 0.2) is 16.5 Å². The van der Waals surface area contributed by atoms with Crippen LogP contribution >= 0.6 is 23.1 Å². The van der Waals surface area contributed by atoms with Gasteiger partial charge in [0.25, 0.3) is 0 Å². The van der Waals surface area contributed by atoms with E-state index in [-0.39, 0.29) is 11.8 Å². The summed E-state index contributed by atoms with van der Waals surface area (Å²) in [5.74, 6) is 1.06. The van der Waals surface area contributed by atoms with Gasteiger partial charge in [-0.2, -0.15) is 0 Å². The first-order chi connectivity index (χ1) is 13.7. The zero-order valence-electron chi connectivity index (χ0n) is 15.6. The molecule has 1 fully saturated rings. The van der Waals surface area contributed by atoms with Gasteiger partial charge < -0.3 is 30.2 Å². The molecule has 0 amide bonds. The monoisotopic (exact) mass is 422 g/mol. The average Bonchev–Trinajstić information content (AvgIpc) is 3.15. The minimum absolute atomic E-state index is 0.202. The van der Waals surface area contributed by atoms with Crippen molar-refractivity contribution in [2.75, 3.05) is 25.5 Å². The average molecular weight is 422 g/mol. The van der Waals surface area contributed by atoms with Gasteiger partial charge in [0.15, 0.2) is 4.34 Å². The van der Waals surface area contributed by atoms with Crippen molar-refractivity contribution in [1.29, 1.82) is 0 Å². The molecule has 0 bridgehead atoms. The van der Waals surface area contributed by atoms with Crippen LogP contribution in [0, 0.1) is 0 Å². The number of aromatic nitrogens is 2. The lowest BCUT2D eigenvalue weighted by Crippen LogP contribution is -2.40. The molecule has 1 aromatic heterocycles. The number of piperidine rings is 1. The zero-order valence-corrected chi connectivity index (χ0v) is 17.2. The summed E-state index contributed by atoms with van der Waals surface area (Å²) in [6.07, 6.45) is 2.75. The van der Waals surface area contributed by atoms with E-state index in [0.29, 0.717) is 29.5 Å². The van der Waals surface area contributed by atoms with Crippen molar-refractivity contribution < 1.29 is 19.5 Å². The summed E-state index contributed by atoms with van der Waals surface area (Å²) in [4.78, 5) is 0. The van der Waals surface area contributed by atoms with Crippen molar-refractivity contribution in [1.82, 2.24) is 15.5 Å². The second kappa shape index (κ2) is 8.87. The number of aliphatic hydroxyl groups excluding tert-OH is 1. The first-order valence-corrected chi connectivity index (χ1v) is 11.0. The van der Waals surface area contributed by atoms with Crippen LogP contribution in [-0.4, -0.2) is 58.8 Å². The molecular weight excluding hydrogens is 399 g/mol. The van der Waals surface area contributed by atoms with Crippen LogP contribution in [0.5, 0.6) is 11.5 Å². The van der Waals surface area contributed by atoms with Crippen molar-refractivity contribution in [2.45, 2.75) is 41.4 Å². The van der Waals surface area contributed by atoms with E-state index in [1.54, 1.807) is 7.11 Å². The van der Waals surface area contributed by atoms with Gasteiger partial charge in [0.2, 0.25) is 5.13 Å². The summed E-state index contributed by atoms with van der Waals surface area (Å²) in [5.41, 5.74) is 1.50. The van der Waals surface area contributed by atoms with E-state index in [2.05, 4.69) is 20.8 Å². The number of nitrogens with one attached hydrogen (secondary N) is 2. The summed E-state index contributed by atoms with van der Waals surface area (Å²) in [6.45, 7) is 1.83. The molecule has 0 saturated carbocycles. The summed E-state index contributed by atoms with van der Waals surface area (Å²) >= 11 is 2.97. The maximum atomic E-state index is 10.5. The Morgan fingerprint density at radius 1 is 1.39 bits per heavy atom. The number of rotatable bonds is 6. The second-order valence-electron chi connectivity index (χ2n) is 6.80. The fourth-order valence-corrected chi connectivity index (χ4v) is 5.64. The zero-order chi connectivity index (χ0) is 19.5. The number of fused-ring (bicyclic) bond motifs is 1. The lowest BCUT2D eigenvalue weighted by molar-refractivity contribution is 0.267. The molecule has 150 valence electrons. The summed E-state index contributed by atoms with van der Waals surface area (Å²) in [7, 11) is 0.545. The van der Waals surface area contributed by atoms with Gasteiger partial charge in [0.05, 0.1) is 24.4 Å². The molecule has 2 aliphatic rings. The molecule has 1 atom stereocenters. The van der Waals surface area contributed by atoms with Crippen LogP contribution in [0.2, 0.25) is 0 Å². The number of anilines is 1. The first-order valence-electron chi connectivity index (χ1n) is 9.29. The highest BCUT2D eigenvalue weighted by molar-refractivity contribution is 8.02. The summed E-state index contributed by atoms with van der Waals surface area (Å²) in [5, 5.41) is 36.1. The molecule has 2 aliphatic heterocycles. The number of hydrogen-bond donors (Lipinski definition) is 4. The van der Waals surface area contributed by atoms with E-state index in [1.807, 2.05) is 12.1 Å². The molecule has 3 heterocycles. The highest BCUT2D eigenvalue weighted by Gasteiger charge is 2.38. The van der Waals surface area contributed by atoms with Crippen molar-refractivity contribution in [3.05, 3.63) is 23.3 Å². The van der Waals surface area contributed by atoms with Gasteiger partial charge in [-0.25, -0.2) is 0 Å². The van der Waals surface area contributed by atoms with Crippen LogP contribution in [0.3, 0.4) is 0 Å². The first kappa shape index (κ1) is 19.8. The Kier molecular flexibility index (Phi) is 6.27. The lowest BCUT2D eigenvalue weighted by Gasteiger charge is -2.28. The third-order valence-electron chi connectivity index (χ3n) is 4.98. The number of aliphatic hydroxyl groups is 1. The smallest absolute Gasteiger partial charge is 0.535 e. The highest BCUT2D eigenvalue weighted by Crippen LogP contribution is 2.40. The predicted octanol–water partition coefficient (Wildman–Crippen LogP) is 1.32. The Balaban J connectivity index is 1.43. The Labute approximate surface area is 172 Å². The minimum atomic E-state index is -1.00. The largest absolute Gasteiger partial charge is 0.537 e. The number of benzene rings is 1. The van der Waals surface area contributed by atoms with E-state index in [1.165, 1.54) is 23.1 Å². The molecule has 11 heteroatoms. The van der Waals surface area contributed by atoms with Crippen LogP contribution < -0.4 is 20.0 Å². The molecule has 0 spiro atoms.